The zero-order valence-corrected chi connectivity index (χ0v) is 15.6. The molecular formula is C16H26BrNO2S. The van der Waals surface area contributed by atoms with Gasteiger partial charge in [0.05, 0.1) is 17.7 Å². The summed E-state index contributed by atoms with van der Waals surface area (Å²) >= 11 is 5.43. The predicted molar refractivity (Wildman–Crippen MR) is 95.8 cm³/mol. The molecule has 0 spiro atoms. The van der Waals surface area contributed by atoms with E-state index in [4.69, 9.17) is 15.2 Å². The van der Waals surface area contributed by atoms with E-state index in [0.29, 0.717) is 13.2 Å². The molecule has 120 valence electrons. The van der Waals surface area contributed by atoms with Gasteiger partial charge in [-0.15, -0.1) is 0 Å². The molecule has 21 heavy (non-hydrogen) atoms. The Hall–Kier alpha value is -0.390. The van der Waals surface area contributed by atoms with Crippen LogP contribution < -0.4 is 15.2 Å². The van der Waals surface area contributed by atoms with Crippen molar-refractivity contribution in [3.05, 3.63) is 22.2 Å². The van der Waals surface area contributed by atoms with Crippen LogP contribution in [0.15, 0.2) is 16.6 Å². The van der Waals surface area contributed by atoms with Gasteiger partial charge in [0.25, 0.3) is 0 Å². The van der Waals surface area contributed by atoms with E-state index in [1.54, 1.807) is 0 Å². The highest BCUT2D eigenvalue weighted by Gasteiger charge is 2.13. The van der Waals surface area contributed by atoms with Gasteiger partial charge < -0.3 is 15.2 Å². The average molecular weight is 376 g/mol. The first kappa shape index (κ1) is 18.7. The molecule has 1 aromatic carbocycles. The summed E-state index contributed by atoms with van der Waals surface area (Å²) < 4.78 is 12.6. The molecular weight excluding hydrogens is 350 g/mol. The van der Waals surface area contributed by atoms with Crippen molar-refractivity contribution < 1.29 is 9.47 Å². The minimum atomic E-state index is 0.180. The molecule has 0 aliphatic heterocycles. The standard InChI is InChI=1S/C16H26BrNO2S/c1-4-13(18)9-12-10-14(17)16(15(11-12)19-5-2)20-7-6-8-21-3/h10-11,13H,4-9,18H2,1-3H3. The number of thioether (sulfide) groups is 1. The van der Waals surface area contributed by atoms with Gasteiger partial charge in [0.1, 0.15) is 0 Å². The molecule has 1 atom stereocenters. The van der Waals surface area contributed by atoms with Crippen LogP contribution in [-0.2, 0) is 6.42 Å². The van der Waals surface area contributed by atoms with Gasteiger partial charge in [-0.25, -0.2) is 0 Å². The second kappa shape index (κ2) is 10.4. The summed E-state index contributed by atoms with van der Waals surface area (Å²) in [6.07, 6.45) is 4.95. The molecule has 0 amide bonds. The molecule has 0 aromatic heterocycles. The first-order valence-corrected chi connectivity index (χ1v) is 9.63. The number of benzene rings is 1. The molecule has 0 fully saturated rings. The van der Waals surface area contributed by atoms with E-state index in [1.165, 1.54) is 5.56 Å². The van der Waals surface area contributed by atoms with Gasteiger partial charge >= 0.3 is 0 Å². The topological polar surface area (TPSA) is 44.5 Å². The maximum Gasteiger partial charge on any atom is 0.175 e. The van der Waals surface area contributed by atoms with E-state index in [0.717, 1.165) is 41.0 Å². The maximum absolute atomic E-state index is 6.04. The Labute approximate surface area is 141 Å². The van der Waals surface area contributed by atoms with Gasteiger partial charge in [0, 0.05) is 6.04 Å². The van der Waals surface area contributed by atoms with Crippen LogP contribution in [0.3, 0.4) is 0 Å². The Bertz CT molecular complexity index is 429. The number of rotatable bonds is 10. The number of hydrogen-bond donors (Lipinski definition) is 1. The van der Waals surface area contributed by atoms with Gasteiger partial charge in [-0.05, 0) is 71.8 Å². The lowest BCUT2D eigenvalue weighted by Crippen LogP contribution is -2.21. The summed E-state index contributed by atoms with van der Waals surface area (Å²) in [7, 11) is 0. The molecule has 3 nitrogen and oxygen atoms in total. The monoisotopic (exact) mass is 375 g/mol. The van der Waals surface area contributed by atoms with E-state index in [9.17, 15) is 0 Å². The molecule has 0 bridgehead atoms. The molecule has 1 unspecified atom stereocenters. The number of nitrogens with two attached hydrogens (primary N) is 1. The van der Waals surface area contributed by atoms with Crippen molar-refractivity contribution in [2.45, 2.75) is 39.2 Å². The van der Waals surface area contributed by atoms with E-state index >= 15 is 0 Å². The SMILES string of the molecule is CCOc1cc(CC(N)CC)cc(Br)c1OCCCSC. The maximum atomic E-state index is 6.04. The zero-order chi connectivity index (χ0) is 15.7. The summed E-state index contributed by atoms with van der Waals surface area (Å²) in [6.45, 7) is 5.41. The van der Waals surface area contributed by atoms with E-state index in [-0.39, 0.29) is 6.04 Å². The first-order chi connectivity index (χ1) is 10.1. The molecule has 0 aliphatic carbocycles. The molecule has 1 rings (SSSR count). The van der Waals surface area contributed by atoms with Crippen LogP contribution in [0.5, 0.6) is 11.5 Å². The summed E-state index contributed by atoms with van der Waals surface area (Å²) in [5.41, 5.74) is 7.22. The second-order valence-electron chi connectivity index (χ2n) is 4.91. The van der Waals surface area contributed by atoms with Crippen LogP contribution >= 0.6 is 27.7 Å². The van der Waals surface area contributed by atoms with Crippen LogP contribution in [0, 0.1) is 0 Å². The highest BCUT2D eigenvalue weighted by molar-refractivity contribution is 9.10. The fourth-order valence-electron chi connectivity index (χ4n) is 1.97. The van der Waals surface area contributed by atoms with Crippen LogP contribution in [0.4, 0.5) is 0 Å². The third-order valence-corrected chi connectivity index (χ3v) is 4.42. The summed E-state index contributed by atoms with van der Waals surface area (Å²) in [5, 5.41) is 0. The molecule has 5 heteroatoms. The first-order valence-electron chi connectivity index (χ1n) is 7.44. The number of halogens is 1. The van der Waals surface area contributed by atoms with Gasteiger partial charge in [-0.3, -0.25) is 0 Å². The normalized spacial score (nSPS) is 12.2. The van der Waals surface area contributed by atoms with Gasteiger partial charge in [0.15, 0.2) is 11.5 Å². The molecule has 0 aliphatic rings. The predicted octanol–water partition coefficient (Wildman–Crippen LogP) is 4.26. The fourth-order valence-corrected chi connectivity index (χ4v) is 2.98. The number of ether oxygens (including phenoxy) is 2. The Morgan fingerprint density at radius 1 is 1.29 bits per heavy atom. The van der Waals surface area contributed by atoms with Crippen molar-refractivity contribution >= 4 is 27.7 Å². The minimum absolute atomic E-state index is 0.180. The summed E-state index contributed by atoms with van der Waals surface area (Å²) in [5.74, 6) is 2.70. The van der Waals surface area contributed by atoms with E-state index < -0.39 is 0 Å². The number of hydrogen-bond acceptors (Lipinski definition) is 4. The fraction of sp³-hybridized carbons (Fsp3) is 0.625. The quantitative estimate of drug-likeness (QED) is 0.620. The highest BCUT2D eigenvalue weighted by Crippen LogP contribution is 2.37. The molecule has 0 saturated carbocycles. The van der Waals surface area contributed by atoms with Crippen molar-refractivity contribution in [1.82, 2.24) is 0 Å². The van der Waals surface area contributed by atoms with Crippen molar-refractivity contribution in [2.75, 3.05) is 25.2 Å². The molecule has 0 heterocycles. The van der Waals surface area contributed by atoms with Gasteiger partial charge in [-0.1, -0.05) is 6.92 Å². The lowest BCUT2D eigenvalue weighted by Gasteiger charge is -2.16. The van der Waals surface area contributed by atoms with E-state index in [1.807, 2.05) is 24.8 Å². The highest BCUT2D eigenvalue weighted by atomic mass is 79.9. The molecule has 0 saturated heterocycles. The van der Waals surface area contributed by atoms with Gasteiger partial charge in [0.2, 0.25) is 0 Å². The Morgan fingerprint density at radius 2 is 2.05 bits per heavy atom. The average Bonchev–Trinajstić information content (AvgIpc) is 2.46. The largest absolute Gasteiger partial charge is 0.490 e. The van der Waals surface area contributed by atoms with Gasteiger partial charge in [-0.2, -0.15) is 11.8 Å². The van der Waals surface area contributed by atoms with Crippen LogP contribution in [0.2, 0.25) is 0 Å². The summed E-state index contributed by atoms with van der Waals surface area (Å²) in [4.78, 5) is 0. The Morgan fingerprint density at radius 3 is 2.67 bits per heavy atom. The van der Waals surface area contributed by atoms with Crippen LogP contribution in [0.25, 0.3) is 0 Å². The zero-order valence-electron chi connectivity index (χ0n) is 13.2. The van der Waals surface area contributed by atoms with Crippen molar-refractivity contribution in [1.29, 1.82) is 0 Å². The Balaban J connectivity index is 2.85. The Kier molecular flexibility index (Phi) is 9.20. The van der Waals surface area contributed by atoms with Crippen molar-refractivity contribution in [3.8, 4) is 11.5 Å². The minimum Gasteiger partial charge on any atom is -0.490 e. The third kappa shape index (κ3) is 6.49. The second-order valence-corrected chi connectivity index (χ2v) is 6.75. The van der Waals surface area contributed by atoms with E-state index in [2.05, 4.69) is 35.2 Å². The molecule has 0 radical (unpaired) electrons. The lowest BCUT2D eigenvalue weighted by atomic mass is 10.0. The van der Waals surface area contributed by atoms with Crippen LogP contribution in [-0.4, -0.2) is 31.3 Å². The third-order valence-electron chi connectivity index (χ3n) is 3.13. The molecule has 2 N–H and O–H groups in total. The van der Waals surface area contributed by atoms with Crippen molar-refractivity contribution in [3.63, 3.8) is 0 Å². The lowest BCUT2D eigenvalue weighted by molar-refractivity contribution is 0.275. The van der Waals surface area contributed by atoms with Crippen molar-refractivity contribution in [2.24, 2.45) is 5.73 Å². The smallest absolute Gasteiger partial charge is 0.175 e. The van der Waals surface area contributed by atoms with Crippen LogP contribution in [0.1, 0.15) is 32.3 Å². The summed E-state index contributed by atoms with van der Waals surface area (Å²) in [6, 6.07) is 4.31. The molecule has 1 aromatic rings.